The first kappa shape index (κ1) is 8.78. The van der Waals surface area contributed by atoms with Gasteiger partial charge in [0.15, 0.2) is 6.26 Å². The fourth-order valence-corrected chi connectivity index (χ4v) is 1.83. The molecule has 0 amide bonds. The van der Waals surface area contributed by atoms with Crippen molar-refractivity contribution in [2.45, 2.75) is 0 Å². The van der Waals surface area contributed by atoms with Crippen molar-refractivity contribution in [3.63, 3.8) is 0 Å². The predicted molar refractivity (Wildman–Crippen MR) is 54.0 cm³/mol. The van der Waals surface area contributed by atoms with Crippen molar-refractivity contribution >= 4 is 38.3 Å². The summed E-state index contributed by atoms with van der Waals surface area (Å²) in [6.45, 7) is 0. The molecule has 0 saturated carbocycles. The molecule has 4 heteroatoms. The highest BCUT2D eigenvalue weighted by Gasteiger charge is 2.06. The molecule has 0 atom stereocenters. The van der Waals surface area contributed by atoms with Crippen molar-refractivity contribution in [3.05, 3.63) is 44.4 Å². The Morgan fingerprint density at radius 1 is 1.46 bits per heavy atom. The zero-order valence-corrected chi connectivity index (χ0v) is 8.65. The third-order valence-corrected chi connectivity index (χ3v) is 2.69. The minimum absolute atomic E-state index is 0.438. The van der Waals surface area contributed by atoms with E-state index in [1.807, 2.05) is 0 Å². The second kappa shape index (κ2) is 3.16. The zero-order chi connectivity index (χ0) is 9.42. The highest BCUT2D eigenvalue weighted by atomic mass is 79.9. The van der Waals surface area contributed by atoms with Crippen molar-refractivity contribution in [1.29, 1.82) is 0 Å². The van der Waals surface area contributed by atoms with E-state index in [2.05, 4.69) is 26.6 Å². The topological polar surface area (TPSA) is 30.2 Å². The van der Waals surface area contributed by atoms with E-state index < -0.39 is 5.63 Å². The number of halogens is 2. The third-order valence-electron chi connectivity index (χ3n) is 1.70. The Kier molecular flexibility index (Phi) is 2.14. The Morgan fingerprint density at radius 2 is 2.23 bits per heavy atom. The van der Waals surface area contributed by atoms with Gasteiger partial charge < -0.3 is 4.42 Å². The Labute approximate surface area is 87.3 Å². The molecule has 0 aliphatic carbocycles. The first-order valence-corrected chi connectivity index (χ1v) is 4.65. The van der Waals surface area contributed by atoms with E-state index in [-0.39, 0.29) is 0 Å². The van der Waals surface area contributed by atoms with Gasteiger partial charge in [-0.05, 0) is 34.1 Å². The average molecular weight is 258 g/mol. The Balaban J connectivity index is 3.09. The molecular formula is C9H3BrClO2. The van der Waals surface area contributed by atoms with Crippen molar-refractivity contribution in [3.8, 4) is 0 Å². The van der Waals surface area contributed by atoms with Crippen LogP contribution in [0.15, 0.2) is 31.9 Å². The average Bonchev–Trinajstić information content (AvgIpc) is 2.12. The van der Waals surface area contributed by atoms with Crippen LogP contribution in [0.4, 0.5) is 0 Å². The van der Waals surface area contributed by atoms with Gasteiger partial charge in [0.05, 0.1) is 5.39 Å². The molecule has 0 spiro atoms. The lowest BCUT2D eigenvalue weighted by atomic mass is 10.2. The van der Waals surface area contributed by atoms with Crippen LogP contribution < -0.4 is 5.63 Å². The maximum Gasteiger partial charge on any atom is 0.345 e. The predicted octanol–water partition coefficient (Wildman–Crippen LogP) is 3.01. The van der Waals surface area contributed by atoms with E-state index >= 15 is 0 Å². The molecular weight excluding hydrogens is 255 g/mol. The Bertz CT molecular complexity index is 518. The Morgan fingerprint density at radius 3 is 2.92 bits per heavy atom. The maximum atomic E-state index is 11.3. The van der Waals surface area contributed by atoms with Crippen LogP contribution in [0.3, 0.4) is 0 Å². The van der Waals surface area contributed by atoms with Crippen molar-refractivity contribution in [2.24, 2.45) is 0 Å². The van der Waals surface area contributed by atoms with E-state index in [1.54, 1.807) is 18.2 Å². The summed E-state index contributed by atoms with van der Waals surface area (Å²) < 4.78 is 5.28. The molecule has 2 nitrogen and oxygen atoms in total. The van der Waals surface area contributed by atoms with Crippen LogP contribution in [0.5, 0.6) is 0 Å². The number of hydrogen-bond acceptors (Lipinski definition) is 2. The molecule has 0 unspecified atom stereocenters. The number of hydrogen-bond donors (Lipinski definition) is 0. The molecule has 0 aliphatic rings. The summed E-state index contributed by atoms with van der Waals surface area (Å²) in [5.74, 6) is 0. The van der Waals surface area contributed by atoms with Crippen LogP contribution >= 0.6 is 27.5 Å². The van der Waals surface area contributed by atoms with Gasteiger partial charge in [0.1, 0.15) is 0 Å². The zero-order valence-electron chi connectivity index (χ0n) is 6.30. The van der Waals surface area contributed by atoms with Gasteiger partial charge in [-0.1, -0.05) is 11.6 Å². The smallest absolute Gasteiger partial charge is 0.345 e. The summed E-state index contributed by atoms with van der Waals surface area (Å²) in [7, 11) is 0. The summed E-state index contributed by atoms with van der Waals surface area (Å²) in [4.78, 5) is 11.3. The first-order chi connectivity index (χ1) is 6.20. The van der Waals surface area contributed by atoms with Crippen LogP contribution in [0.25, 0.3) is 10.8 Å². The van der Waals surface area contributed by atoms with Crippen molar-refractivity contribution < 1.29 is 4.42 Å². The molecule has 2 rings (SSSR count). The molecule has 13 heavy (non-hydrogen) atoms. The van der Waals surface area contributed by atoms with E-state index in [0.717, 1.165) is 0 Å². The van der Waals surface area contributed by atoms with Gasteiger partial charge in [-0.15, -0.1) is 0 Å². The van der Waals surface area contributed by atoms with E-state index in [4.69, 9.17) is 11.6 Å². The normalized spacial score (nSPS) is 10.6. The second-order valence-corrected chi connectivity index (χ2v) is 3.73. The molecule has 1 aromatic heterocycles. The number of rotatable bonds is 0. The van der Waals surface area contributed by atoms with Gasteiger partial charge in [-0.2, -0.15) is 0 Å². The Hall–Kier alpha value is -0.800. The first-order valence-electron chi connectivity index (χ1n) is 3.48. The molecule has 2 aromatic rings. The molecule has 0 bridgehead atoms. The van der Waals surface area contributed by atoms with E-state index in [9.17, 15) is 4.79 Å². The standard InChI is InChI=1S/C9H3BrClO2/c10-6-1-2-7(11)5-3-4-13-9(12)8(5)6/h1-3H. The summed E-state index contributed by atoms with van der Waals surface area (Å²) >= 11 is 9.13. The maximum absolute atomic E-state index is 11.3. The monoisotopic (exact) mass is 257 g/mol. The molecule has 1 heterocycles. The van der Waals surface area contributed by atoms with Crippen molar-refractivity contribution in [1.82, 2.24) is 0 Å². The fraction of sp³-hybridized carbons (Fsp3) is 0. The van der Waals surface area contributed by atoms with Gasteiger partial charge >= 0.3 is 5.63 Å². The molecule has 0 N–H and O–H groups in total. The lowest BCUT2D eigenvalue weighted by Gasteiger charge is -1.99. The molecule has 0 fully saturated rings. The summed E-state index contributed by atoms with van der Waals surface area (Å²) in [5, 5.41) is 1.61. The largest absolute Gasteiger partial charge is 0.419 e. The molecule has 0 aliphatic heterocycles. The van der Waals surface area contributed by atoms with Crippen LogP contribution in [-0.2, 0) is 0 Å². The highest BCUT2D eigenvalue weighted by molar-refractivity contribution is 9.10. The quantitative estimate of drug-likeness (QED) is 0.727. The minimum atomic E-state index is -0.438. The van der Waals surface area contributed by atoms with Gasteiger partial charge in [-0.25, -0.2) is 4.79 Å². The summed E-state index contributed by atoms with van der Waals surface area (Å²) in [6.07, 6.45) is 2.38. The molecule has 1 aromatic carbocycles. The van der Waals surface area contributed by atoms with E-state index in [1.165, 1.54) is 0 Å². The van der Waals surface area contributed by atoms with Crippen LogP contribution in [0, 0.1) is 6.26 Å². The van der Waals surface area contributed by atoms with Crippen LogP contribution in [0.1, 0.15) is 0 Å². The fourth-order valence-electron chi connectivity index (χ4n) is 1.11. The van der Waals surface area contributed by atoms with Gasteiger partial charge in [0.25, 0.3) is 0 Å². The lowest BCUT2D eigenvalue weighted by Crippen LogP contribution is -1.99. The molecule has 65 valence electrons. The van der Waals surface area contributed by atoms with Crippen LogP contribution in [0.2, 0.25) is 5.02 Å². The van der Waals surface area contributed by atoms with Gasteiger partial charge in [0.2, 0.25) is 0 Å². The van der Waals surface area contributed by atoms with Gasteiger partial charge in [-0.3, -0.25) is 0 Å². The number of benzene rings is 1. The van der Waals surface area contributed by atoms with Crippen LogP contribution in [-0.4, -0.2) is 0 Å². The van der Waals surface area contributed by atoms with Gasteiger partial charge in [0, 0.05) is 14.9 Å². The third kappa shape index (κ3) is 1.38. The summed E-state index contributed by atoms with van der Waals surface area (Å²) in [5.41, 5.74) is -0.438. The highest BCUT2D eigenvalue weighted by Crippen LogP contribution is 2.26. The summed E-state index contributed by atoms with van der Waals surface area (Å²) in [6, 6.07) is 4.96. The molecule has 1 radical (unpaired) electrons. The molecule has 0 saturated heterocycles. The SMILES string of the molecule is O=c1o[c]cc2c(Cl)ccc(Br)c12. The number of fused-ring (bicyclic) bond motifs is 1. The second-order valence-electron chi connectivity index (χ2n) is 2.47. The van der Waals surface area contributed by atoms with Crippen molar-refractivity contribution in [2.75, 3.05) is 0 Å². The lowest BCUT2D eigenvalue weighted by molar-refractivity contribution is 0.510. The van der Waals surface area contributed by atoms with E-state index in [0.29, 0.717) is 20.3 Å². The minimum Gasteiger partial charge on any atom is -0.419 e.